The molecular formula is C12H18O9. The highest BCUT2D eigenvalue weighted by molar-refractivity contribution is 5.63. The number of hydrogen-bond acceptors (Lipinski definition) is 9. The van der Waals surface area contributed by atoms with Gasteiger partial charge in [0, 0.05) is 0 Å². The Balaban J connectivity index is 4.59. The number of ether oxygens (including phenoxy) is 6. The normalized spacial score (nSPS) is 10.8. The first kappa shape index (κ1) is 18.6. The van der Waals surface area contributed by atoms with E-state index in [0.29, 0.717) is 0 Å². The number of carbonyl (C=O) groups excluding carboxylic acids is 3. The van der Waals surface area contributed by atoms with Crippen LogP contribution in [0.1, 0.15) is 13.8 Å². The summed E-state index contributed by atoms with van der Waals surface area (Å²) < 4.78 is 27.4. The Hall–Kier alpha value is -2.45. The van der Waals surface area contributed by atoms with Crippen molar-refractivity contribution in [3.8, 4) is 0 Å². The third-order valence-electron chi connectivity index (χ3n) is 1.86. The summed E-state index contributed by atoms with van der Waals surface area (Å²) in [6.45, 7) is 6.28. The van der Waals surface area contributed by atoms with Crippen LogP contribution in [0.2, 0.25) is 0 Å². The number of carbonyl (C=O) groups is 3. The van der Waals surface area contributed by atoms with Gasteiger partial charge in [-0.2, -0.15) is 0 Å². The van der Waals surface area contributed by atoms with Gasteiger partial charge in [-0.15, -0.1) is 0 Å². The van der Waals surface area contributed by atoms with E-state index in [4.69, 9.17) is 4.74 Å². The van der Waals surface area contributed by atoms with Gasteiger partial charge in [0.2, 0.25) is 0 Å². The third-order valence-corrected chi connectivity index (χ3v) is 1.86. The van der Waals surface area contributed by atoms with Crippen LogP contribution in [0.3, 0.4) is 0 Å². The Bertz CT molecular complexity index is 377. The molecular weight excluding hydrogens is 288 g/mol. The lowest BCUT2D eigenvalue weighted by Crippen LogP contribution is -2.29. The highest BCUT2D eigenvalue weighted by Gasteiger charge is 2.24. The van der Waals surface area contributed by atoms with Crippen molar-refractivity contribution in [1.29, 1.82) is 0 Å². The monoisotopic (exact) mass is 306 g/mol. The Morgan fingerprint density at radius 1 is 0.952 bits per heavy atom. The largest absolute Gasteiger partial charge is 0.513 e. The molecule has 0 aromatic carbocycles. The molecule has 120 valence electrons. The zero-order valence-corrected chi connectivity index (χ0v) is 12.1. The van der Waals surface area contributed by atoms with Crippen LogP contribution in [-0.4, -0.2) is 51.5 Å². The average molecular weight is 306 g/mol. The first-order valence-corrected chi connectivity index (χ1v) is 6.02. The molecule has 0 saturated heterocycles. The SMILES string of the molecule is C=C(OC(=O)OC)C(COC(=O)OCC)OC(=O)OCC. The highest BCUT2D eigenvalue weighted by Crippen LogP contribution is 2.10. The molecule has 0 spiro atoms. The van der Waals surface area contributed by atoms with Crippen molar-refractivity contribution in [3.05, 3.63) is 12.3 Å². The zero-order valence-electron chi connectivity index (χ0n) is 12.1. The Labute approximate surface area is 121 Å². The molecule has 0 aliphatic carbocycles. The van der Waals surface area contributed by atoms with Crippen LogP contribution >= 0.6 is 0 Å². The van der Waals surface area contributed by atoms with E-state index >= 15 is 0 Å². The van der Waals surface area contributed by atoms with Gasteiger partial charge in [0.25, 0.3) is 0 Å². The fourth-order valence-electron chi connectivity index (χ4n) is 0.978. The van der Waals surface area contributed by atoms with Gasteiger partial charge in [0.15, 0.2) is 6.10 Å². The Kier molecular flexibility index (Phi) is 9.14. The van der Waals surface area contributed by atoms with Crippen LogP contribution in [-0.2, 0) is 28.4 Å². The van der Waals surface area contributed by atoms with Crippen molar-refractivity contribution in [2.75, 3.05) is 26.9 Å². The molecule has 1 atom stereocenters. The minimum absolute atomic E-state index is 0.0780. The molecule has 0 aromatic rings. The quantitative estimate of drug-likeness (QED) is 0.396. The topological polar surface area (TPSA) is 107 Å². The van der Waals surface area contributed by atoms with E-state index in [1.54, 1.807) is 13.8 Å². The van der Waals surface area contributed by atoms with Gasteiger partial charge in [0.1, 0.15) is 12.4 Å². The lowest BCUT2D eigenvalue weighted by Gasteiger charge is -2.18. The second kappa shape index (κ2) is 10.4. The molecule has 0 aliphatic heterocycles. The van der Waals surface area contributed by atoms with Crippen LogP contribution in [0.15, 0.2) is 12.3 Å². The summed E-state index contributed by atoms with van der Waals surface area (Å²) in [6, 6.07) is 0. The van der Waals surface area contributed by atoms with E-state index in [1.807, 2.05) is 0 Å². The van der Waals surface area contributed by atoms with E-state index < -0.39 is 31.2 Å². The summed E-state index contributed by atoms with van der Waals surface area (Å²) in [4.78, 5) is 33.3. The average Bonchev–Trinajstić information content (AvgIpc) is 2.43. The standard InChI is InChI=1S/C12H18O9/c1-5-17-11(14)19-7-9(21-12(15)18-6-2)8(3)20-10(13)16-4/h9H,3,5-7H2,1-2,4H3. The lowest BCUT2D eigenvalue weighted by atomic mass is 10.3. The van der Waals surface area contributed by atoms with Gasteiger partial charge in [0.05, 0.1) is 20.3 Å². The summed E-state index contributed by atoms with van der Waals surface area (Å²) in [5.41, 5.74) is 0. The molecule has 0 aliphatic rings. The van der Waals surface area contributed by atoms with Crippen LogP contribution in [0.25, 0.3) is 0 Å². The second-order valence-electron chi connectivity index (χ2n) is 3.31. The molecule has 0 heterocycles. The zero-order chi connectivity index (χ0) is 16.3. The summed E-state index contributed by atoms with van der Waals surface area (Å²) in [5.74, 6) is -0.292. The first-order chi connectivity index (χ1) is 9.94. The van der Waals surface area contributed by atoms with Gasteiger partial charge < -0.3 is 28.4 Å². The van der Waals surface area contributed by atoms with Gasteiger partial charge in [-0.25, -0.2) is 14.4 Å². The van der Waals surface area contributed by atoms with Crippen LogP contribution in [0.4, 0.5) is 14.4 Å². The summed E-state index contributed by atoms with van der Waals surface area (Å²) >= 11 is 0. The van der Waals surface area contributed by atoms with Crippen molar-refractivity contribution in [2.45, 2.75) is 20.0 Å². The predicted molar refractivity (Wildman–Crippen MR) is 67.5 cm³/mol. The molecule has 0 bridgehead atoms. The van der Waals surface area contributed by atoms with Gasteiger partial charge in [-0.3, -0.25) is 0 Å². The van der Waals surface area contributed by atoms with E-state index in [9.17, 15) is 14.4 Å². The highest BCUT2D eigenvalue weighted by atomic mass is 16.8. The second-order valence-corrected chi connectivity index (χ2v) is 3.31. The molecule has 0 rings (SSSR count). The van der Waals surface area contributed by atoms with E-state index in [0.717, 1.165) is 7.11 Å². The predicted octanol–water partition coefficient (Wildman–Crippen LogP) is 2.00. The van der Waals surface area contributed by atoms with Crippen LogP contribution in [0.5, 0.6) is 0 Å². The summed E-state index contributed by atoms with van der Waals surface area (Å²) in [7, 11) is 1.09. The molecule has 9 nitrogen and oxygen atoms in total. The van der Waals surface area contributed by atoms with Crippen molar-refractivity contribution >= 4 is 18.5 Å². The van der Waals surface area contributed by atoms with Crippen LogP contribution in [0, 0.1) is 0 Å². The lowest BCUT2D eigenvalue weighted by molar-refractivity contribution is -0.0197. The molecule has 0 fully saturated rings. The Morgan fingerprint density at radius 3 is 2.05 bits per heavy atom. The van der Waals surface area contributed by atoms with Gasteiger partial charge in [-0.05, 0) is 13.8 Å². The number of rotatable bonds is 7. The van der Waals surface area contributed by atoms with Crippen molar-refractivity contribution < 1.29 is 42.8 Å². The van der Waals surface area contributed by atoms with Crippen molar-refractivity contribution in [2.24, 2.45) is 0 Å². The van der Waals surface area contributed by atoms with Crippen molar-refractivity contribution in [1.82, 2.24) is 0 Å². The minimum Gasteiger partial charge on any atom is -0.437 e. The maximum absolute atomic E-state index is 11.3. The summed E-state index contributed by atoms with van der Waals surface area (Å²) in [6.07, 6.45) is -4.33. The summed E-state index contributed by atoms with van der Waals surface area (Å²) in [5, 5.41) is 0. The molecule has 0 amide bonds. The minimum atomic E-state index is -1.26. The molecule has 0 saturated carbocycles. The maximum Gasteiger partial charge on any atom is 0.513 e. The number of hydrogen-bond donors (Lipinski definition) is 0. The maximum atomic E-state index is 11.3. The van der Waals surface area contributed by atoms with Gasteiger partial charge >= 0.3 is 18.5 Å². The fourth-order valence-corrected chi connectivity index (χ4v) is 0.978. The smallest absolute Gasteiger partial charge is 0.437 e. The van der Waals surface area contributed by atoms with E-state index in [2.05, 4.69) is 30.3 Å². The molecule has 21 heavy (non-hydrogen) atoms. The first-order valence-electron chi connectivity index (χ1n) is 6.02. The fraction of sp³-hybridized carbons (Fsp3) is 0.583. The van der Waals surface area contributed by atoms with Crippen LogP contribution < -0.4 is 0 Å². The molecule has 0 N–H and O–H groups in total. The number of methoxy groups -OCH3 is 1. The van der Waals surface area contributed by atoms with Gasteiger partial charge in [-0.1, -0.05) is 6.58 Å². The van der Waals surface area contributed by atoms with E-state index in [1.165, 1.54) is 0 Å². The molecule has 9 heteroatoms. The van der Waals surface area contributed by atoms with E-state index in [-0.39, 0.29) is 19.0 Å². The molecule has 1 unspecified atom stereocenters. The van der Waals surface area contributed by atoms with Crippen molar-refractivity contribution in [3.63, 3.8) is 0 Å². The molecule has 0 radical (unpaired) electrons. The third kappa shape index (κ3) is 8.35. The molecule has 0 aromatic heterocycles. The Morgan fingerprint density at radius 2 is 1.52 bits per heavy atom.